The fourth-order valence-corrected chi connectivity index (χ4v) is 2.10. The first kappa shape index (κ1) is 14.5. The van der Waals surface area contributed by atoms with Crippen LogP contribution in [0.1, 0.15) is 12.5 Å². The van der Waals surface area contributed by atoms with Crippen molar-refractivity contribution in [2.24, 2.45) is 0 Å². The molecule has 2 aromatic rings. The lowest BCUT2D eigenvalue weighted by atomic mass is 10.2. The molecule has 0 fully saturated rings. The molecule has 0 saturated carbocycles. The molecule has 0 aliphatic rings. The van der Waals surface area contributed by atoms with Crippen molar-refractivity contribution in [3.63, 3.8) is 0 Å². The number of rotatable bonds is 4. The van der Waals surface area contributed by atoms with Crippen LogP contribution >= 0.6 is 15.9 Å². The van der Waals surface area contributed by atoms with Crippen LogP contribution in [0.2, 0.25) is 0 Å². The Bertz CT molecular complexity index is 662. The summed E-state index contributed by atoms with van der Waals surface area (Å²) in [5, 5.41) is 0. The molecule has 0 aliphatic carbocycles. The maximum absolute atomic E-state index is 11.8. The lowest BCUT2D eigenvalue weighted by molar-refractivity contribution is -0.135. The van der Waals surface area contributed by atoms with Crippen LogP contribution in [0, 0.1) is 0 Å². The summed E-state index contributed by atoms with van der Waals surface area (Å²) in [7, 11) is 0. The second kappa shape index (κ2) is 6.52. The smallest absolute Gasteiger partial charge is 0.331 e. The Morgan fingerprint density at radius 2 is 1.90 bits per heavy atom. The zero-order valence-corrected chi connectivity index (χ0v) is 12.6. The first-order valence-electron chi connectivity index (χ1n) is 6.24. The van der Waals surface area contributed by atoms with Crippen LogP contribution in [-0.2, 0) is 17.8 Å². The molecule has 0 saturated heterocycles. The maximum atomic E-state index is 11.8. The van der Waals surface area contributed by atoms with Crippen LogP contribution in [0.3, 0.4) is 0 Å². The normalized spacial score (nSPS) is 10.3. The fraction of sp³-hybridized carbons (Fsp3) is 0.200. The molecular weight excluding hydrogens is 322 g/mol. The second-order valence-corrected chi connectivity index (χ2v) is 5.20. The van der Waals surface area contributed by atoms with Gasteiger partial charge in [0.15, 0.2) is 0 Å². The van der Waals surface area contributed by atoms with E-state index in [4.69, 9.17) is 4.74 Å². The van der Waals surface area contributed by atoms with E-state index in [1.165, 1.54) is 16.2 Å². The zero-order chi connectivity index (χ0) is 14.5. The molecule has 0 amide bonds. The van der Waals surface area contributed by atoms with E-state index in [0.29, 0.717) is 5.75 Å². The number of halogens is 1. The molecule has 1 aromatic carbocycles. The van der Waals surface area contributed by atoms with E-state index in [-0.39, 0.29) is 12.1 Å². The van der Waals surface area contributed by atoms with Crippen LogP contribution in [0.15, 0.2) is 51.9 Å². The lowest BCUT2D eigenvalue weighted by Crippen LogP contribution is -2.25. The standard InChI is InChI=1S/C15H14BrNO3/c1-2-11-3-6-13(7-4-11)20-15(19)10-17-9-12(16)5-8-14(17)18/h3-9H,2,10H2,1H3. The van der Waals surface area contributed by atoms with Gasteiger partial charge in [-0.25, -0.2) is 4.79 Å². The van der Waals surface area contributed by atoms with Gasteiger partial charge in [0, 0.05) is 16.7 Å². The number of aryl methyl sites for hydroxylation is 1. The summed E-state index contributed by atoms with van der Waals surface area (Å²) in [5.41, 5.74) is 0.930. The second-order valence-electron chi connectivity index (χ2n) is 4.29. The van der Waals surface area contributed by atoms with Crippen LogP contribution in [0.4, 0.5) is 0 Å². The van der Waals surface area contributed by atoms with E-state index in [1.54, 1.807) is 24.4 Å². The van der Waals surface area contributed by atoms with Crippen LogP contribution < -0.4 is 10.3 Å². The van der Waals surface area contributed by atoms with E-state index >= 15 is 0 Å². The van der Waals surface area contributed by atoms with Crippen molar-refractivity contribution in [3.05, 3.63) is 63.0 Å². The average molecular weight is 336 g/mol. The Labute approximate surface area is 125 Å². The molecule has 0 radical (unpaired) electrons. The van der Waals surface area contributed by atoms with Crippen LogP contribution in [0.5, 0.6) is 5.75 Å². The van der Waals surface area contributed by atoms with Crippen molar-refractivity contribution in [2.45, 2.75) is 19.9 Å². The van der Waals surface area contributed by atoms with Gasteiger partial charge >= 0.3 is 5.97 Å². The predicted octanol–water partition coefficient (Wildman–Crippen LogP) is 2.78. The zero-order valence-electron chi connectivity index (χ0n) is 11.0. The predicted molar refractivity (Wildman–Crippen MR) is 79.9 cm³/mol. The summed E-state index contributed by atoms with van der Waals surface area (Å²) in [4.78, 5) is 23.4. The topological polar surface area (TPSA) is 48.3 Å². The number of carbonyl (C=O) groups excluding carboxylic acids is 1. The molecule has 1 aromatic heterocycles. The van der Waals surface area contributed by atoms with Crippen molar-refractivity contribution >= 4 is 21.9 Å². The minimum absolute atomic E-state index is 0.117. The Balaban J connectivity index is 2.04. The number of esters is 1. The van der Waals surface area contributed by atoms with Gasteiger partial charge in [-0.2, -0.15) is 0 Å². The number of hydrogen-bond donors (Lipinski definition) is 0. The minimum Gasteiger partial charge on any atom is -0.425 e. The summed E-state index contributed by atoms with van der Waals surface area (Å²) < 4.78 is 7.23. The third-order valence-corrected chi connectivity index (χ3v) is 3.28. The number of pyridine rings is 1. The molecule has 5 heteroatoms. The fourth-order valence-electron chi connectivity index (χ4n) is 1.72. The number of benzene rings is 1. The van der Waals surface area contributed by atoms with Crippen LogP contribution in [-0.4, -0.2) is 10.5 Å². The van der Waals surface area contributed by atoms with Gasteiger partial charge in [0.2, 0.25) is 0 Å². The molecule has 0 spiro atoms. The minimum atomic E-state index is -0.477. The molecular formula is C15H14BrNO3. The summed E-state index contributed by atoms with van der Waals surface area (Å²) in [6.07, 6.45) is 2.49. The number of carbonyl (C=O) groups is 1. The third-order valence-electron chi connectivity index (χ3n) is 2.81. The molecule has 0 atom stereocenters. The molecule has 0 N–H and O–H groups in total. The van der Waals surface area contributed by atoms with Crippen molar-refractivity contribution < 1.29 is 9.53 Å². The van der Waals surface area contributed by atoms with Gasteiger partial charge in [-0.1, -0.05) is 19.1 Å². The number of hydrogen-bond acceptors (Lipinski definition) is 3. The summed E-state index contributed by atoms with van der Waals surface area (Å²) >= 11 is 3.26. The van der Waals surface area contributed by atoms with E-state index in [2.05, 4.69) is 22.9 Å². The van der Waals surface area contributed by atoms with Gasteiger partial charge in [0.25, 0.3) is 5.56 Å². The third kappa shape index (κ3) is 3.81. The highest BCUT2D eigenvalue weighted by molar-refractivity contribution is 9.10. The van der Waals surface area contributed by atoms with E-state index in [0.717, 1.165) is 10.9 Å². The molecule has 20 heavy (non-hydrogen) atoms. The van der Waals surface area contributed by atoms with Gasteiger partial charge in [-0.3, -0.25) is 4.79 Å². The molecule has 0 bridgehead atoms. The quantitative estimate of drug-likeness (QED) is 0.637. The van der Waals surface area contributed by atoms with Gasteiger partial charge in [0.05, 0.1) is 0 Å². The largest absolute Gasteiger partial charge is 0.425 e. The van der Waals surface area contributed by atoms with E-state index in [1.807, 2.05) is 12.1 Å². The highest BCUT2D eigenvalue weighted by Gasteiger charge is 2.07. The van der Waals surface area contributed by atoms with Crippen molar-refractivity contribution in [1.29, 1.82) is 0 Å². The molecule has 0 unspecified atom stereocenters. The Kier molecular flexibility index (Phi) is 4.74. The lowest BCUT2D eigenvalue weighted by Gasteiger charge is -2.07. The molecule has 4 nitrogen and oxygen atoms in total. The monoisotopic (exact) mass is 335 g/mol. The summed E-state index contributed by atoms with van der Waals surface area (Å²) in [6.45, 7) is 1.94. The van der Waals surface area contributed by atoms with E-state index in [9.17, 15) is 9.59 Å². The summed E-state index contributed by atoms with van der Waals surface area (Å²) in [5.74, 6) is 0.00435. The first-order chi connectivity index (χ1) is 9.58. The van der Waals surface area contributed by atoms with Crippen LogP contribution in [0.25, 0.3) is 0 Å². The van der Waals surface area contributed by atoms with Crippen molar-refractivity contribution in [3.8, 4) is 5.75 Å². The Morgan fingerprint density at radius 3 is 2.55 bits per heavy atom. The number of nitrogens with zero attached hydrogens (tertiary/aromatic N) is 1. The maximum Gasteiger partial charge on any atom is 0.331 e. The van der Waals surface area contributed by atoms with Crippen molar-refractivity contribution in [1.82, 2.24) is 4.57 Å². The first-order valence-corrected chi connectivity index (χ1v) is 7.03. The van der Waals surface area contributed by atoms with Gasteiger partial charge in [-0.15, -0.1) is 0 Å². The van der Waals surface area contributed by atoms with E-state index < -0.39 is 5.97 Å². The number of aromatic nitrogens is 1. The average Bonchev–Trinajstić information content (AvgIpc) is 2.43. The molecule has 2 rings (SSSR count). The SMILES string of the molecule is CCc1ccc(OC(=O)Cn2cc(Br)ccc2=O)cc1. The van der Waals surface area contributed by atoms with Gasteiger partial charge in [0.1, 0.15) is 12.3 Å². The highest BCUT2D eigenvalue weighted by atomic mass is 79.9. The van der Waals surface area contributed by atoms with Gasteiger partial charge in [-0.05, 0) is 46.1 Å². The van der Waals surface area contributed by atoms with Crippen molar-refractivity contribution in [2.75, 3.05) is 0 Å². The molecule has 104 valence electrons. The number of ether oxygens (including phenoxy) is 1. The molecule has 0 aliphatic heterocycles. The Hall–Kier alpha value is -1.88. The summed E-state index contributed by atoms with van der Waals surface area (Å²) in [6, 6.07) is 10.4. The molecule has 1 heterocycles. The Morgan fingerprint density at radius 1 is 1.20 bits per heavy atom. The van der Waals surface area contributed by atoms with Gasteiger partial charge < -0.3 is 9.30 Å². The highest BCUT2D eigenvalue weighted by Crippen LogP contribution is 2.13.